The molecule has 2 unspecified atom stereocenters. The molecule has 2 aromatic rings. The van der Waals surface area contributed by atoms with Gasteiger partial charge in [-0.05, 0) is 51.2 Å². The molecule has 7 heteroatoms. The second-order valence-corrected chi connectivity index (χ2v) is 8.63. The van der Waals surface area contributed by atoms with Crippen LogP contribution < -0.4 is 9.64 Å². The number of likely N-dealkylation sites (tertiary alicyclic amines) is 1. The number of ether oxygens (including phenoxy) is 1. The molecular weight excluding hydrogens is 366 g/mol. The van der Waals surface area contributed by atoms with Crippen molar-refractivity contribution < 1.29 is 9.53 Å². The number of hydrogen-bond donors (Lipinski definition) is 0. The molecule has 5 rings (SSSR count). The third kappa shape index (κ3) is 3.43. The molecule has 3 aliphatic rings. The summed E-state index contributed by atoms with van der Waals surface area (Å²) in [6.07, 6.45) is 3.30. The Morgan fingerprint density at radius 2 is 1.83 bits per heavy atom. The molecule has 0 N–H and O–H groups in total. The van der Waals surface area contributed by atoms with Gasteiger partial charge in [0.25, 0.3) is 5.91 Å². The maximum absolute atomic E-state index is 13.4. The maximum atomic E-state index is 13.4. The third-order valence-electron chi connectivity index (χ3n) is 6.23. The van der Waals surface area contributed by atoms with E-state index in [1.807, 2.05) is 30.9 Å². The number of piperidine rings is 1. The Labute approximate surface area is 171 Å². The molecule has 2 bridgehead atoms. The summed E-state index contributed by atoms with van der Waals surface area (Å²) in [6, 6.07) is 5.96. The van der Waals surface area contributed by atoms with E-state index in [-0.39, 0.29) is 11.9 Å². The molecule has 2 atom stereocenters. The van der Waals surface area contributed by atoms with Gasteiger partial charge in [0.05, 0.1) is 18.4 Å². The number of rotatable bonds is 4. The van der Waals surface area contributed by atoms with Crippen LogP contribution in [0.1, 0.15) is 52.6 Å². The number of methoxy groups -OCH3 is 1. The molecule has 2 aliphatic heterocycles. The van der Waals surface area contributed by atoms with Crippen LogP contribution in [0.15, 0.2) is 18.2 Å². The number of aryl methyl sites for hydroxylation is 2. The van der Waals surface area contributed by atoms with Gasteiger partial charge in [-0.25, -0.2) is 15.0 Å². The minimum atomic E-state index is 0.0972. The van der Waals surface area contributed by atoms with Gasteiger partial charge in [-0.15, -0.1) is 0 Å². The largest absolute Gasteiger partial charge is 0.481 e. The molecule has 1 aliphatic carbocycles. The van der Waals surface area contributed by atoms with Crippen LogP contribution in [0.4, 0.5) is 5.95 Å². The SMILES string of the molecule is COc1ccc(C(=O)N2CC3CC(C2)N(c2nc(C)cc(C)n2)C3)c(C2CC2)n1. The Morgan fingerprint density at radius 1 is 1.07 bits per heavy atom. The normalized spacial score (nSPS) is 23.4. The lowest BCUT2D eigenvalue weighted by Crippen LogP contribution is -2.46. The first kappa shape index (κ1) is 18.3. The number of aromatic nitrogens is 3. The lowest BCUT2D eigenvalue weighted by molar-refractivity contribution is 0.0692. The molecule has 3 fully saturated rings. The van der Waals surface area contributed by atoms with Gasteiger partial charge in [-0.3, -0.25) is 4.79 Å². The standard InChI is InChI=1S/C22H27N5O2/c1-13-8-14(2)24-22(23-13)27-11-15-9-17(27)12-26(10-15)21(28)18-6-7-19(29-3)25-20(18)16-4-5-16/h6-8,15-17H,4-5,9-12H2,1-3H3. The van der Waals surface area contributed by atoms with Crippen molar-refractivity contribution in [2.45, 2.75) is 45.1 Å². The predicted octanol–water partition coefficient (Wildman–Crippen LogP) is 2.73. The van der Waals surface area contributed by atoms with Crippen molar-refractivity contribution in [3.8, 4) is 5.88 Å². The van der Waals surface area contributed by atoms with Crippen molar-refractivity contribution >= 4 is 11.9 Å². The molecule has 0 aromatic carbocycles. The first-order valence-electron chi connectivity index (χ1n) is 10.4. The number of fused-ring (bicyclic) bond motifs is 2. The highest BCUT2D eigenvalue weighted by Crippen LogP contribution is 2.42. The first-order chi connectivity index (χ1) is 14.0. The molecule has 0 spiro atoms. The van der Waals surface area contributed by atoms with Gasteiger partial charge < -0.3 is 14.5 Å². The Bertz CT molecular complexity index is 938. The molecule has 152 valence electrons. The molecule has 1 saturated carbocycles. The fraction of sp³-hybridized carbons (Fsp3) is 0.545. The average Bonchev–Trinajstić information content (AvgIpc) is 3.51. The van der Waals surface area contributed by atoms with Crippen molar-refractivity contribution in [2.75, 3.05) is 31.6 Å². The van der Waals surface area contributed by atoms with Crippen molar-refractivity contribution in [3.63, 3.8) is 0 Å². The molecule has 4 heterocycles. The Morgan fingerprint density at radius 3 is 2.52 bits per heavy atom. The number of carbonyl (C=O) groups is 1. The van der Waals surface area contributed by atoms with Crippen LogP contribution in [-0.2, 0) is 0 Å². The van der Waals surface area contributed by atoms with Crippen molar-refractivity contribution in [3.05, 3.63) is 40.8 Å². The molecule has 7 nitrogen and oxygen atoms in total. The number of hydrogen-bond acceptors (Lipinski definition) is 6. The lowest BCUT2D eigenvalue weighted by Gasteiger charge is -2.33. The quantitative estimate of drug-likeness (QED) is 0.795. The number of nitrogens with zero attached hydrogens (tertiary/aromatic N) is 5. The van der Waals surface area contributed by atoms with Crippen LogP contribution in [0, 0.1) is 19.8 Å². The summed E-state index contributed by atoms with van der Waals surface area (Å²) in [5.41, 5.74) is 3.62. The number of pyridine rings is 1. The van der Waals surface area contributed by atoms with Gasteiger partial charge >= 0.3 is 0 Å². The number of amides is 1. The summed E-state index contributed by atoms with van der Waals surface area (Å²) in [4.78, 5) is 31.6. The smallest absolute Gasteiger partial charge is 0.255 e. The Kier molecular flexibility index (Phi) is 4.41. The number of carbonyl (C=O) groups excluding carboxylic acids is 1. The third-order valence-corrected chi connectivity index (χ3v) is 6.23. The summed E-state index contributed by atoms with van der Waals surface area (Å²) in [7, 11) is 1.62. The van der Waals surface area contributed by atoms with Crippen molar-refractivity contribution in [2.24, 2.45) is 5.92 Å². The zero-order valence-electron chi connectivity index (χ0n) is 17.3. The van der Waals surface area contributed by atoms with E-state index in [0.717, 1.165) is 60.9 Å². The monoisotopic (exact) mass is 393 g/mol. The zero-order valence-corrected chi connectivity index (χ0v) is 17.3. The number of anilines is 1. The summed E-state index contributed by atoms with van der Waals surface area (Å²) in [6.45, 7) is 6.42. The van der Waals surface area contributed by atoms with Crippen LogP contribution in [0.25, 0.3) is 0 Å². The maximum Gasteiger partial charge on any atom is 0.255 e. The van der Waals surface area contributed by atoms with Gasteiger partial charge in [0.15, 0.2) is 0 Å². The summed E-state index contributed by atoms with van der Waals surface area (Å²) in [5, 5.41) is 0. The molecular formula is C22H27N5O2. The van der Waals surface area contributed by atoms with E-state index in [1.54, 1.807) is 13.2 Å². The fourth-order valence-corrected chi connectivity index (χ4v) is 4.80. The highest BCUT2D eigenvalue weighted by molar-refractivity contribution is 5.96. The summed E-state index contributed by atoms with van der Waals surface area (Å²) < 4.78 is 5.28. The van der Waals surface area contributed by atoms with Gasteiger partial charge in [-0.2, -0.15) is 0 Å². The minimum Gasteiger partial charge on any atom is -0.481 e. The highest BCUT2D eigenvalue weighted by atomic mass is 16.5. The van der Waals surface area contributed by atoms with Gasteiger partial charge in [0.2, 0.25) is 11.8 Å². The second kappa shape index (κ2) is 6.97. The lowest BCUT2D eigenvalue weighted by atomic mass is 9.98. The molecule has 2 saturated heterocycles. The van der Waals surface area contributed by atoms with Crippen LogP contribution in [0.2, 0.25) is 0 Å². The van der Waals surface area contributed by atoms with Crippen LogP contribution in [0.5, 0.6) is 5.88 Å². The molecule has 0 radical (unpaired) electrons. The molecule has 2 aromatic heterocycles. The van der Waals surface area contributed by atoms with E-state index in [0.29, 0.717) is 24.3 Å². The zero-order chi connectivity index (χ0) is 20.1. The second-order valence-electron chi connectivity index (χ2n) is 8.63. The predicted molar refractivity (Wildman–Crippen MR) is 109 cm³/mol. The van der Waals surface area contributed by atoms with Crippen LogP contribution in [-0.4, -0.2) is 58.5 Å². The van der Waals surface area contributed by atoms with E-state index in [4.69, 9.17) is 4.74 Å². The highest BCUT2D eigenvalue weighted by Gasteiger charge is 2.42. The van der Waals surface area contributed by atoms with Crippen LogP contribution >= 0.6 is 0 Å². The molecule has 29 heavy (non-hydrogen) atoms. The van der Waals surface area contributed by atoms with E-state index >= 15 is 0 Å². The van der Waals surface area contributed by atoms with Crippen molar-refractivity contribution in [1.82, 2.24) is 19.9 Å². The Hall–Kier alpha value is -2.70. The minimum absolute atomic E-state index is 0.0972. The summed E-state index contributed by atoms with van der Waals surface area (Å²) in [5.74, 6) is 2.33. The van der Waals surface area contributed by atoms with E-state index < -0.39 is 0 Å². The average molecular weight is 393 g/mol. The Balaban J connectivity index is 1.38. The van der Waals surface area contributed by atoms with E-state index in [2.05, 4.69) is 19.9 Å². The van der Waals surface area contributed by atoms with Gasteiger partial charge in [-0.1, -0.05) is 0 Å². The fourth-order valence-electron chi connectivity index (χ4n) is 4.80. The topological polar surface area (TPSA) is 71.5 Å². The first-order valence-corrected chi connectivity index (χ1v) is 10.4. The van der Waals surface area contributed by atoms with Crippen LogP contribution in [0.3, 0.4) is 0 Å². The molecule has 1 amide bonds. The van der Waals surface area contributed by atoms with E-state index in [9.17, 15) is 4.79 Å². The van der Waals surface area contributed by atoms with E-state index in [1.165, 1.54) is 0 Å². The van der Waals surface area contributed by atoms with Gasteiger partial charge in [0, 0.05) is 49.0 Å². The summed E-state index contributed by atoms with van der Waals surface area (Å²) >= 11 is 0. The van der Waals surface area contributed by atoms with Gasteiger partial charge in [0.1, 0.15) is 0 Å². The van der Waals surface area contributed by atoms with Crippen molar-refractivity contribution in [1.29, 1.82) is 0 Å².